The monoisotopic (exact) mass is 420 g/mol. The van der Waals surface area contributed by atoms with Crippen LogP contribution in [0.5, 0.6) is 11.5 Å². The molecule has 1 aliphatic rings. The van der Waals surface area contributed by atoms with Crippen molar-refractivity contribution >= 4 is 17.1 Å². The summed E-state index contributed by atoms with van der Waals surface area (Å²) in [5.74, 6) is 1.23. The zero-order chi connectivity index (χ0) is 22.3. The number of aliphatic hydroxyl groups excluding tert-OH is 1. The molecular weight excluding hydrogens is 392 g/mol. The Morgan fingerprint density at radius 2 is 2.00 bits per heavy atom. The van der Waals surface area contributed by atoms with Gasteiger partial charge in [-0.2, -0.15) is 5.10 Å². The SMILES string of the molecule is C=C(C)N(C)c1ccc(Oc2ccnn3cc(C(=O)N4CCC(O)C4C)c(C)c23)cc1. The molecule has 0 spiro atoms. The number of aromatic nitrogens is 2. The van der Waals surface area contributed by atoms with Crippen molar-refractivity contribution in [2.75, 3.05) is 18.5 Å². The first-order valence-electron chi connectivity index (χ1n) is 10.4. The lowest BCUT2D eigenvalue weighted by Crippen LogP contribution is -2.37. The van der Waals surface area contributed by atoms with Crippen molar-refractivity contribution in [1.29, 1.82) is 0 Å². The Morgan fingerprint density at radius 3 is 2.61 bits per heavy atom. The minimum atomic E-state index is -0.481. The number of carbonyl (C=O) groups excluding carboxylic acids is 1. The van der Waals surface area contributed by atoms with Crippen LogP contribution in [0.2, 0.25) is 0 Å². The van der Waals surface area contributed by atoms with E-state index in [1.807, 2.05) is 57.0 Å². The van der Waals surface area contributed by atoms with Gasteiger partial charge in [0, 0.05) is 37.2 Å². The van der Waals surface area contributed by atoms with E-state index in [4.69, 9.17) is 4.74 Å². The quantitative estimate of drug-likeness (QED) is 0.676. The molecule has 31 heavy (non-hydrogen) atoms. The van der Waals surface area contributed by atoms with Crippen molar-refractivity contribution in [2.24, 2.45) is 0 Å². The van der Waals surface area contributed by atoms with Gasteiger partial charge in [-0.25, -0.2) is 4.52 Å². The van der Waals surface area contributed by atoms with Gasteiger partial charge in [-0.3, -0.25) is 4.79 Å². The van der Waals surface area contributed by atoms with E-state index in [-0.39, 0.29) is 11.9 Å². The van der Waals surface area contributed by atoms with Crippen molar-refractivity contribution in [1.82, 2.24) is 14.5 Å². The molecule has 0 bridgehead atoms. The number of allylic oxidation sites excluding steroid dienone is 1. The topological polar surface area (TPSA) is 70.3 Å². The molecule has 1 amide bonds. The standard InChI is InChI=1S/C24H28N4O3/c1-15(2)26(5)18-6-8-19(9-7-18)31-22-10-12-25-28-14-20(16(3)23(22)28)24(30)27-13-11-21(29)17(27)4/h6-10,12,14,17,21,29H,1,11,13H2,2-5H3. The number of carbonyl (C=O) groups is 1. The average Bonchev–Trinajstić information content (AvgIpc) is 3.27. The number of aliphatic hydroxyl groups is 1. The van der Waals surface area contributed by atoms with Gasteiger partial charge in [0.2, 0.25) is 0 Å². The second kappa shape index (κ2) is 8.07. The van der Waals surface area contributed by atoms with E-state index in [2.05, 4.69) is 11.7 Å². The van der Waals surface area contributed by atoms with E-state index in [1.54, 1.807) is 27.9 Å². The van der Waals surface area contributed by atoms with Gasteiger partial charge in [0.15, 0.2) is 5.75 Å². The molecule has 3 aromatic rings. The first-order chi connectivity index (χ1) is 14.8. The molecule has 7 heteroatoms. The first-order valence-corrected chi connectivity index (χ1v) is 10.4. The highest BCUT2D eigenvalue weighted by Gasteiger charge is 2.34. The van der Waals surface area contributed by atoms with Gasteiger partial charge >= 0.3 is 0 Å². The summed E-state index contributed by atoms with van der Waals surface area (Å²) in [6.45, 7) is 10.2. The van der Waals surface area contributed by atoms with Crippen LogP contribution in [-0.4, -0.2) is 51.3 Å². The second-order valence-corrected chi connectivity index (χ2v) is 8.14. The summed E-state index contributed by atoms with van der Waals surface area (Å²) in [4.78, 5) is 16.9. The van der Waals surface area contributed by atoms with Crippen LogP contribution in [-0.2, 0) is 0 Å². The van der Waals surface area contributed by atoms with E-state index in [0.717, 1.165) is 22.5 Å². The van der Waals surface area contributed by atoms with Crippen LogP contribution in [0.3, 0.4) is 0 Å². The van der Waals surface area contributed by atoms with E-state index in [9.17, 15) is 9.90 Å². The zero-order valence-electron chi connectivity index (χ0n) is 18.4. The Morgan fingerprint density at radius 1 is 1.29 bits per heavy atom. The molecule has 1 aromatic carbocycles. The average molecular weight is 421 g/mol. The summed E-state index contributed by atoms with van der Waals surface area (Å²) in [6.07, 6.45) is 3.51. The Balaban J connectivity index is 1.64. The number of amides is 1. The molecule has 1 N–H and O–H groups in total. The molecule has 2 atom stereocenters. The van der Waals surface area contributed by atoms with Crippen LogP contribution in [0, 0.1) is 6.92 Å². The van der Waals surface area contributed by atoms with E-state index >= 15 is 0 Å². The molecule has 2 unspecified atom stereocenters. The Hall–Kier alpha value is -3.32. The van der Waals surface area contributed by atoms with Crippen LogP contribution in [0.4, 0.5) is 5.69 Å². The van der Waals surface area contributed by atoms with Crippen LogP contribution >= 0.6 is 0 Å². The van der Waals surface area contributed by atoms with Gasteiger partial charge in [-0.1, -0.05) is 6.58 Å². The molecule has 1 aliphatic heterocycles. The maximum Gasteiger partial charge on any atom is 0.256 e. The highest BCUT2D eigenvalue weighted by molar-refractivity contribution is 5.98. The molecular formula is C24H28N4O3. The Labute approximate surface area is 182 Å². The Kier molecular flexibility index (Phi) is 5.45. The fraction of sp³-hybridized carbons (Fsp3) is 0.333. The number of nitrogens with zero attached hydrogens (tertiary/aromatic N) is 4. The number of anilines is 1. The second-order valence-electron chi connectivity index (χ2n) is 8.14. The molecule has 4 rings (SSSR count). The van der Waals surface area contributed by atoms with Crippen molar-refractivity contribution in [2.45, 2.75) is 39.3 Å². The van der Waals surface area contributed by atoms with Crippen LogP contribution in [0.1, 0.15) is 36.2 Å². The van der Waals surface area contributed by atoms with Crippen molar-refractivity contribution in [3.8, 4) is 11.5 Å². The lowest BCUT2D eigenvalue weighted by molar-refractivity contribution is 0.0667. The number of hydrogen-bond acceptors (Lipinski definition) is 5. The van der Waals surface area contributed by atoms with Gasteiger partial charge in [0.25, 0.3) is 5.91 Å². The summed E-state index contributed by atoms with van der Waals surface area (Å²) in [5, 5.41) is 14.4. The summed E-state index contributed by atoms with van der Waals surface area (Å²) >= 11 is 0. The van der Waals surface area contributed by atoms with Crippen LogP contribution < -0.4 is 9.64 Å². The summed E-state index contributed by atoms with van der Waals surface area (Å²) in [5.41, 5.74) is 4.10. The maximum atomic E-state index is 13.1. The molecule has 1 saturated heterocycles. The van der Waals surface area contributed by atoms with Crippen molar-refractivity contribution in [3.05, 3.63) is 66.1 Å². The highest BCUT2D eigenvalue weighted by atomic mass is 16.5. The summed E-state index contributed by atoms with van der Waals surface area (Å²) in [6, 6.07) is 9.36. The third-order valence-corrected chi connectivity index (χ3v) is 6.12. The van der Waals surface area contributed by atoms with Crippen LogP contribution in [0.15, 0.2) is 55.0 Å². The van der Waals surface area contributed by atoms with Gasteiger partial charge in [-0.15, -0.1) is 0 Å². The van der Waals surface area contributed by atoms with Gasteiger partial charge in [-0.05, 0) is 57.0 Å². The minimum Gasteiger partial charge on any atom is -0.455 e. The third-order valence-electron chi connectivity index (χ3n) is 6.12. The van der Waals surface area contributed by atoms with Gasteiger partial charge in [0.05, 0.1) is 23.9 Å². The molecule has 0 saturated carbocycles. The number of aryl methyl sites for hydroxylation is 1. The maximum absolute atomic E-state index is 13.1. The number of likely N-dealkylation sites (tertiary alicyclic amines) is 1. The van der Waals surface area contributed by atoms with Gasteiger partial charge < -0.3 is 19.6 Å². The zero-order valence-corrected chi connectivity index (χ0v) is 18.4. The normalized spacial score (nSPS) is 18.4. The molecule has 0 radical (unpaired) electrons. The predicted octanol–water partition coefficient (Wildman–Crippen LogP) is 4.00. The van der Waals surface area contributed by atoms with E-state index in [0.29, 0.717) is 30.0 Å². The number of ether oxygens (including phenoxy) is 1. The van der Waals surface area contributed by atoms with E-state index < -0.39 is 6.10 Å². The highest BCUT2D eigenvalue weighted by Crippen LogP contribution is 2.32. The van der Waals surface area contributed by atoms with Crippen molar-refractivity contribution in [3.63, 3.8) is 0 Å². The largest absolute Gasteiger partial charge is 0.455 e. The number of hydrogen-bond donors (Lipinski definition) is 1. The summed E-state index contributed by atoms with van der Waals surface area (Å²) < 4.78 is 7.84. The molecule has 3 heterocycles. The lowest BCUT2D eigenvalue weighted by atomic mass is 10.1. The number of benzene rings is 1. The predicted molar refractivity (Wildman–Crippen MR) is 121 cm³/mol. The fourth-order valence-corrected chi connectivity index (χ4v) is 3.97. The molecule has 7 nitrogen and oxygen atoms in total. The molecule has 162 valence electrons. The van der Waals surface area contributed by atoms with Gasteiger partial charge in [0.1, 0.15) is 11.3 Å². The minimum absolute atomic E-state index is 0.0924. The van der Waals surface area contributed by atoms with Crippen LogP contribution in [0.25, 0.3) is 5.52 Å². The smallest absolute Gasteiger partial charge is 0.256 e. The van der Waals surface area contributed by atoms with Crippen molar-refractivity contribution < 1.29 is 14.6 Å². The summed E-state index contributed by atoms with van der Waals surface area (Å²) in [7, 11) is 1.97. The first kappa shape index (κ1) is 20.9. The third kappa shape index (κ3) is 3.77. The lowest BCUT2D eigenvalue weighted by Gasteiger charge is -2.22. The number of fused-ring (bicyclic) bond motifs is 1. The fourth-order valence-electron chi connectivity index (χ4n) is 3.97. The molecule has 0 aliphatic carbocycles. The molecule has 1 fully saturated rings. The van der Waals surface area contributed by atoms with E-state index in [1.165, 1.54) is 0 Å². The number of rotatable bonds is 5. The Bertz CT molecular complexity index is 1140. The molecule has 2 aromatic heterocycles.